The summed E-state index contributed by atoms with van der Waals surface area (Å²) in [5, 5.41) is 3.64. The zero-order valence-electron chi connectivity index (χ0n) is 11.8. The van der Waals surface area contributed by atoms with Crippen molar-refractivity contribution in [1.29, 1.82) is 0 Å². The van der Waals surface area contributed by atoms with E-state index in [0.717, 1.165) is 6.54 Å². The van der Waals surface area contributed by atoms with Crippen molar-refractivity contribution in [3.63, 3.8) is 0 Å². The van der Waals surface area contributed by atoms with Crippen LogP contribution in [0.4, 0.5) is 0 Å². The minimum absolute atomic E-state index is 0.314. The van der Waals surface area contributed by atoms with Gasteiger partial charge in [-0.05, 0) is 45.2 Å². The summed E-state index contributed by atoms with van der Waals surface area (Å²) in [7, 11) is 0. The van der Waals surface area contributed by atoms with Crippen molar-refractivity contribution >= 4 is 0 Å². The first-order valence-electron chi connectivity index (χ1n) is 6.93. The molecule has 100 valence electrons. The van der Waals surface area contributed by atoms with E-state index in [1.165, 1.54) is 31.5 Å². The van der Waals surface area contributed by atoms with Crippen LogP contribution in [0, 0.1) is 0 Å². The summed E-state index contributed by atoms with van der Waals surface area (Å²) in [5.74, 6) is 0. The minimum atomic E-state index is 0.314. The second-order valence-electron chi connectivity index (χ2n) is 6.17. The molecule has 0 aliphatic carbocycles. The molecule has 1 aromatic rings. The molecule has 1 aromatic heterocycles. The Kier molecular flexibility index (Phi) is 4.36. The van der Waals surface area contributed by atoms with Crippen molar-refractivity contribution in [2.45, 2.75) is 51.7 Å². The molecule has 2 heterocycles. The molecule has 0 atom stereocenters. The minimum Gasteiger partial charge on any atom is -0.310 e. The van der Waals surface area contributed by atoms with Crippen LogP contribution in [-0.4, -0.2) is 34.6 Å². The molecule has 0 radical (unpaired) electrons. The van der Waals surface area contributed by atoms with Crippen LogP contribution in [0.2, 0.25) is 0 Å². The number of likely N-dealkylation sites (tertiary alicyclic amines) is 1. The molecule has 0 amide bonds. The molecule has 0 aromatic carbocycles. The SMILES string of the molecule is CC(C)(C)N1CCC(NCc2cccnc2)CC1. The second-order valence-corrected chi connectivity index (χ2v) is 6.17. The Bertz CT molecular complexity index is 348. The van der Waals surface area contributed by atoms with Crippen LogP contribution < -0.4 is 5.32 Å². The molecule has 1 aliphatic heterocycles. The summed E-state index contributed by atoms with van der Waals surface area (Å²) in [5.41, 5.74) is 1.59. The third-order valence-corrected chi connectivity index (χ3v) is 3.76. The van der Waals surface area contributed by atoms with Gasteiger partial charge in [0.2, 0.25) is 0 Å². The number of nitrogens with zero attached hydrogens (tertiary/aromatic N) is 2. The highest BCUT2D eigenvalue weighted by atomic mass is 15.2. The van der Waals surface area contributed by atoms with Gasteiger partial charge in [-0.3, -0.25) is 9.88 Å². The zero-order valence-corrected chi connectivity index (χ0v) is 11.8. The summed E-state index contributed by atoms with van der Waals surface area (Å²) in [4.78, 5) is 6.72. The predicted octanol–water partition coefficient (Wildman–Crippen LogP) is 2.43. The van der Waals surface area contributed by atoms with Crippen molar-refractivity contribution in [3.05, 3.63) is 30.1 Å². The molecule has 1 aliphatic rings. The smallest absolute Gasteiger partial charge is 0.0312 e. The predicted molar refractivity (Wildman–Crippen MR) is 75.4 cm³/mol. The van der Waals surface area contributed by atoms with Gasteiger partial charge >= 0.3 is 0 Å². The lowest BCUT2D eigenvalue weighted by atomic mass is 9.98. The van der Waals surface area contributed by atoms with Gasteiger partial charge < -0.3 is 5.32 Å². The standard InChI is InChI=1S/C15H25N3/c1-15(2,3)18-9-6-14(7-10-18)17-12-13-5-4-8-16-11-13/h4-5,8,11,14,17H,6-7,9-10,12H2,1-3H3. The van der Waals surface area contributed by atoms with E-state index in [1.807, 2.05) is 18.5 Å². The number of nitrogens with one attached hydrogen (secondary N) is 1. The Morgan fingerprint density at radius 3 is 2.61 bits per heavy atom. The average molecular weight is 247 g/mol. The van der Waals surface area contributed by atoms with Crippen molar-refractivity contribution in [3.8, 4) is 0 Å². The van der Waals surface area contributed by atoms with Gasteiger partial charge in [0.1, 0.15) is 0 Å². The van der Waals surface area contributed by atoms with Crippen molar-refractivity contribution in [2.24, 2.45) is 0 Å². The third kappa shape index (κ3) is 3.79. The molecule has 0 spiro atoms. The Morgan fingerprint density at radius 1 is 1.33 bits per heavy atom. The molecule has 1 saturated heterocycles. The highest BCUT2D eigenvalue weighted by molar-refractivity contribution is 5.08. The first-order chi connectivity index (χ1) is 8.55. The number of hydrogen-bond donors (Lipinski definition) is 1. The number of hydrogen-bond acceptors (Lipinski definition) is 3. The lowest BCUT2D eigenvalue weighted by molar-refractivity contribution is 0.0960. The van der Waals surface area contributed by atoms with Crippen LogP contribution >= 0.6 is 0 Å². The number of rotatable bonds is 3. The maximum absolute atomic E-state index is 4.14. The highest BCUT2D eigenvalue weighted by Crippen LogP contribution is 2.20. The quantitative estimate of drug-likeness (QED) is 0.889. The van der Waals surface area contributed by atoms with E-state index >= 15 is 0 Å². The lowest BCUT2D eigenvalue weighted by Crippen LogP contribution is -2.49. The van der Waals surface area contributed by atoms with E-state index < -0.39 is 0 Å². The topological polar surface area (TPSA) is 28.2 Å². The molecule has 0 unspecified atom stereocenters. The second kappa shape index (κ2) is 5.81. The van der Waals surface area contributed by atoms with E-state index in [2.05, 4.69) is 42.0 Å². The first kappa shape index (κ1) is 13.5. The van der Waals surface area contributed by atoms with Crippen molar-refractivity contribution in [1.82, 2.24) is 15.2 Å². The van der Waals surface area contributed by atoms with E-state index in [-0.39, 0.29) is 0 Å². The fourth-order valence-electron chi connectivity index (χ4n) is 2.52. The lowest BCUT2D eigenvalue weighted by Gasteiger charge is -2.41. The van der Waals surface area contributed by atoms with Crippen molar-refractivity contribution in [2.75, 3.05) is 13.1 Å². The van der Waals surface area contributed by atoms with E-state index in [4.69, 9.17) is 0 Å². The average Bonchev–Trinajstić information content (AvgIpc) is 2.37. The van der Waals surface area contributed by atoms with Gasteiger partial charge in [-0.1, -0.05) is 6.07 Å². The zero-order chi connectivity index (χ0) is 13.0. The van der Waals surface area contributed by atoms with E-state index in [1.54, 1.807) is 0 Å². The van der Waals surface area contributed by atoms with Crippen LogP contribution in [0.1, 0.15) is 39.2 Å². The molecule has 18 heavy (non-hydrogen) atoms. The van der Waals surface area contributed by atoms with Crippen LogP contribution in [-0.2, 0) is 6.54 Å². The van der Waals surface area contributed by atoms with Gasteiger partial charge in [-0.2, -0.15) is 0 Å². The maximum Gasteiger partial charge on any atom is 0.0312 e. The van der Waals surface area contributed by atoms with Gasteiger partial charge in [0, 0.05) is 43.6 Å². The molecular formula is C15H25N3. The fraction of sp³-hybridized carbons (Fsp3) is 0.667. The molecule has 0 saturated carbocycles. The fourth-order valence-corrected chi connectivity index (χ4v) is 2.52. The van der Waals surface area contributed by atoms with Gasteiger partial charge in [0.15, 0.2) is 0 Å². The van der Waals surface area contributed by atoms with Gasteiger partial charge in [0.25, 0.3) is 0 Å². The Morgan fingerprint density at radius 2 is 2.06 bits per heavy atom. The Hall–Kier alpha value is -0.930. The first-order valence-corrected chi connectivity index (χ1v) is 6.93. The molecule has 0 bridgehead atoms. The molecule has 1 N–H and O–H groups in total. The maximum atomic E-state index is 4.14. The molecule has 3 nitrogen and oxygen atoms in total. The highest BCUT2D eigenvalue weighted by Gasteiger charge is 2.26. The molecule has 3 heteroatoms. The summed E-state index contributed by atoms with van der Waals surface area (Å²) in [6.07, 6.45) is 6.26. The third-order valence-electron chi connectivity index (χ3n) is 3.76. The number of pyridine rings is 1. The van der Waals surface area contributed by atoms with E-state index in [0.29, 0.717) is 11.6 Å². The van der Waals surface area contributed by atoms with Crippen LogP contribution in [0.5, 0.6) is 0 Å². The molecule has 2 rings (SSSR count). The number of piperidine rings is 1. The largest absolute Gasteiger partial charge is 0.310 e. The number of aromatic nitrogens is 1. The van der Waals surface area contributed by atoms with Crippen LogP contribution in [0.25, 0.3) is 0 Å². The summed E-state index contributed by atoms with van der Waals surface area (Å²) in [6, 6.07) is 4.78. The summed E-state index contributed by atoms with van der Waals surface area (Å²) >= 11 is 0. The monoisotopic (exact) mass is 247 g/mol. The van der Waals surface area contributed by atoms with Crippen LogP contribution in [0.3, 0.4) is 0 Å². The Balaban J connectivity index is 1.74. The van der Waals surface area contributed by atoms with Gasteiger partial charge in [0.05, 0.1) is 0 Å². The van der Waals surface area contributed by atoms with Gasteiger partial charge in [-0.15, -0.1) is 0 Å². The van der Waals surface area contributed by atoms with E-state index in [9.17, 15) is 0 Å². The van der Waals surface area contributed by atoms with Crippen molar-refractivity contribution < 1.29 is 0 Å². The summed E-state index contributed by atoms with van der Waals surface area (Å²) < 4.78 is 0. The summed E-state index contributed by atoms with van der Waals surface area (Å²) in [6.45, 7) is 10.2. The normalized spacial score (nSPS) is 19.1. The molecule has 1 fully saturated rings. The molecular weight excluding hydrogens is 222 g/mol. The van der Waals surface area contributed by atoms with Crippen LogP contribution in [0.15, 0.2) is 24.5 Å². The Labute approximate surface area is 111 Å². The van der Waals surface area contributed by atoms with Gasteiger partial charge in [-0.25, -0.2) is 0 Å².